The average Bonchev–Trinajstić information content (AvgIpc) is 2.43. The van der Waals surface area contributed by atoms with Gasteiger partial charge in [0.1, 0.15) is 0 Å². The van der Waals surface area contributed by atoms with Gasteiger partial charge >= 0.3 is 0 Å². The number of nitrogens with one attached hydrogen (secondary N) is 1. The number of nitrogens with zero attached hydrogens (tertiary/aromatic N) is 2. The summed E-state index contributed by atoms with van der Waals surface area (Å²) in [6, 6.07) is 7.46. The van der Waals surface area contributed by atoms with Crippen LogP contribution in [0.1, 0.15) is 51.1 Å². The molecule has 2 unspecified atom stereocenters. The SMILES string of the molecule is CCNC1CCCCCCC1N(C)Cc1ccccn1. The van der Waals surface area contributed by atoms with Crippen molar-refractivity contribution in [3.63, 3.8) is 0 Å². The lowest BCUT2D eigenvalue weighted by Gasteiger charge is -2.36. The maximum absolute atomic E-state index is 4.46. The Labute approximate surface area is 123 Å². The third-order valence-corrected chi connectivity index (χ3v) is 4.40. The Morgan fingerprint density at radius 2 is 2.00 bits per heavy atom. The summed E-state index contributed by atoms with van der Waals surface area (Å²) in [4.78, 5) is 6.97. The minimum atomic E-state index is 0.633. The molecule has 1 N–H and O–H groups in total. The van der Waals surface area contributed by atoms with E-state index in [0.29, 0.717) is 12.1 Å². The second-order valence-electron chi connectivity index (χ2n) is 5.96. The van der Waals surface area contributed by atoms with Crippen molar-refractivity contribution in [2.45, 2.75) is 64.1 Å². The largest absolute Gasteiger partial charge is 0.313 e. The molecule has 1 aliphatic carbocycles. The van der Waals surface area contributed by atoms with Gasteiger partial charge in [-0.2, -0.15) is 0 Å². The van der Waals surface area contributed by atoms with Gasteiger partial charge in [0.05, 0.1) is 5.69 Å². The first-order valence-electron chi connectivity index (χ1n) is 8.14. The predicted molar refractivity (Wildman–Crippen MR) is 84.7 cm³/mol. The molecule has 0 bridgehead atoms. The fraction of sp³-hybridized carbons (Fsp3) is 0.706. The molecule has 1 aliphatic rings. The van der Waals surface area contributed by atoms with Gasteiger partial charge in [-0.1, -0.05) is 38.7 Å². The van der Waals surface area contributed by atoms with E-state index < -0.39 is 0 Å². The summed E-state index contributed by atoms with van der Waals surface area (Å²) >= 11 is 0. The van der Waals surface area contributed by atoms with Gasteiger partial charge in [0.2, 0.25) is 0 Å². The Morgan fingerprint density at radius 1 is 1.20 bits per heavy atom. The molecule has 0 aromatic carbocycles. The maximum atomic E-state index is 4.46. The molecule has 0 radical (unpaired) electrons. The van der Waals surface area contributed by atoms with Crippen molar-refractivity contribution < 1.29 is 0 Å². The highest BCUT2D eigenvalue weighted by Gasteiger charge is 2.25. The third-order valence-electron chi connectivity index (χ3n) is 4.40. The Morgan fingerprint density at radius 3 is 2.70 bits per heavy atom. The van der Waals surface area contributed by atoms with Crippen molar-refractivity contribution in [2.24, 2.45) is 0 Å². The Bertz CT molecular complexity index is 366. The molecule has 2 rings (SSSR count). The first kappa shape index (κ1) is 15.5. The van der Waals surface area contributed by atoms with Crippen molar-refractivity contribution >= 4 is 0 Å². The number of rotatable bonds is 5. The zero-order valence-corrected chi connectivity index (χ0v) is 13.0. The van der Waals surface area contributed by atoms with E-state index in [-0.39, 0.29) is 0 Å². The summed E-state index contributed by atoms with van der Waals surface area (Å²) < 4.78 is 0. The standard InChI is InChI=1S/C17H29N3/c1-3-18-16-11-6-4-5-7-12-17(16)20(2)14-15-10-8-9-13-19-15/h8-10,13,16-18H,3-7,11-12,14H2,1-2H3. The molecule has 112 valence electrons. The van der Waals surface area contributed by atoms with Gasteiger partial charge < -0.3 is 5.32 Å². The molecule has 1 heterocycles. The van der Waals surface area contributed by atoms with Gasteiger partial charge in [0.25, 0.3) is 0 Å². The predicted octanol–water partition coefficient (Wildman–Crippen LogP) is 3.21. The molecule has 1 fully saturated rings. The van der Waals surface area contributed by atoms with Gasteiger partial charge in [0, 0.05) is 24.8 Å². The van der Waals surface area contributed by atoms with Crippen LogP contribution in [0.4, 0.5) is 0 Å². The van der Waals surface area contributed by atoms with Crippen molar-refractivity contribution in [1.29, 1.82) is 0 Å². The zero-order chi connectivity index (χ0) is 14.2. The fourth-order valence-corrected chi connectivity index (χ4v) is 3.36. The van der Waals surface area contributed by atoms with Crippen LogP contribution in [0.3, 0.4) is 0 Å². The van der Waals surface area contributed by atoms with Crippen LogP contribution >= 0.6 is 0 Å². The summed E-state index contributed by atoms with van der Waals surface area (Å²) in [7, 11) is 2.26. The lowest BCUT2D eigenvalue weighted by atomic mass is 9.91. The highest BCUT2D eigenvalue weighted by Crippen LogP contribution is 2.22. The van der Waals surface area contributed by atoms with Crippen LogP contribution in [0.15, 0.2) is 24.4 Å². The van der Waals surface area contributed by atoms with Gasteiger partial charge in [-0.25, -0.2) is 0 Å². The molecule has 3 nitrogen and oxygen atoms in total. The number of aromatic nitrogens is 1. The Hall–Kier alpha value is -0.930. The van der Waals surface area contributed by atoms with Crippen molar-refractivity contribution in [3.8, 4) is 0 Å². The van der Waals surface area contributed by atoms with Crippen molar-refractivity contribution in [2.75, 3.05) is 13.6 Å². The number of likely N-dealkylation sites (N-methyl/N-ethyl adjacent to an activating group) is 2. The number of hydrogen-bond acceptors (Lipinski definition) is 3. The van der Waals surface area contributed by atoms with Crippen molar-refractivity contribution in [1.82, 2.24) is 15.2 Å². The molecule has 0 saturated heterocycles. The molecule has 1 aromatic heterocycles. The van der Waals surface area contributed by atoms with Crippen LogP contribution in [0, 0.1) is 0 Å². The summed E-state index contributed by atoms with van der Waals surface area (Å²) in [6.07, 6.45) is 10.0. The maximum Gasteiger partial charge on any atom is 0.0543 e. The first-order valence-corrected chi connectivity index (χ1v) is 8.14. The summed E-state index contributed by atoms with van der Waals surface area (Å²) in [5, 5.41) is 3.71. The summed E-state index contributed by atoms with van der Waals surface area (Å²) in [5.74, 6) is 0. The van der Waals surface area contributed by atoms with Gasteiger partial charge in [-0.05, 0) is 38.6 Å². The molecule has 2 atom stereocenters. The fourth-order valence-electron chi connectivity index (χ4n) is 3.36. The molecule has 0 amide bonds. The van der Waals surface area contributed by atoms with Gasteiger partial charge in [-0.3, -0.25) is 9.88 Å². The van der Waals surface area contributed by atoms with Crippen LogP contribution in [-0.4, -0.2) is 35.6 Å². The van der Waals surface area contributed by atoms with Crippen molar-refractivity contribution in [3.05, 3.63) is 30.1 Å². The van der Waals surface area contributed by atoms with E-state index in [1.165, 1.54) is 44.2 Å². The lowest BCUT2D eigenvalue weighted by Crippen LogP contribution is -2.48. The highest BCUT2D eigenvalue weighted by atomic mass is 15.2. The van der Waals surface area contributed by atoms with Gasteiger partial charge in [0.15, 0.2) is 0 Å². The van der Waals surface area contributed by atoms with E-state index in [1.54, 1.807) is 0 Å². The average molecular weight is 275 g/mol. The summed E-state index contributed by atoms with van der Waals surface area (Å²) in [5.41, 5.74) is 1.17. The minimum absolute atomic E-state index is 0.633. The molecule has 1 saturated carbocycles. The number of hydrogen-bond donors (Lipinski definition) is 1. The minimum Gasteiger partial charge on any atom is -0.313 e. The van der Waals surface area contributed by atoms with E-state index in [2.05, 4.69) is 41.3 Å². The van der Waals surface area contributed by atoms with Crippen LogP contribution in [0.2, 0.25) is 0 Å². The molecular formula is C17H29N3. The topological polar surface area (TPSA) is 28.2 Å². The zero-order valence-electron chi connectivity index (χ0n) is 13.0. The van der Waals surface area contributed by atoms with Crippen LogP contribution in [-0.2, 0) is 6.54 Å². The molecule has 0 aliphatic heterocycles. The molecular weight excluding hydrogens is 246 g/mol. The molecule has 3 heteroatoms. The van der Waals surface area contributed by atoms with Crippen LogP contribution in [0.25, 0.3) is 0 Å². The van der Waals surface area contributed by atoms with Gasteiger partial charge in [-0.15, -0.1) is 0 Å². The second-order valence-corrected chi connectivity index (χ2v) is 5.96. The number of pyridine rings is 1. The Kier molecular flexibility index (Phi) is 6.48. The van der Waals surface area contributed by atoms with E-state index in [0.717, 1.165) is 13.1 Å². The smallest absolute Gasteiger partial charge is 0.0543 e. The normalized spacial score (nSPS) is 24.4. The molecule has 0 spiro atoms. The van der Waals surface area contributed by atoms with E-state index in [4.69, 9.17) is 0 Å². The third kappa shape index (κ3) is 4.57. The van der Waals surface area contributed by atoms with Crippen LogP contribution < -0.4 is 5.32 Å². The lowest BCUT2D eigenvalue weighted by molar-refractivity contribution is 0.155. The van der Waals surface area contributed by atoms with E-state index >= 15 is 0 Å². The molecule has 1 aromatic rings. The van der Waals surface area contributed by atoms with Crippen LogP contribution in [0.5, 0.6) is 0 Å². The first-order chi connectivity index (χ1) is 9.81. The monoisotopic (exact) mass is 275 g/mol. The summed E-state index contributed by atoms with van der Waals surface area (Å²) in [6.45, 7) is 4.24. The van der Waals surface area contributed by atoms with E-state index in [1.807, 2.05) is 12.3 Å². The van der Waals surface area contributed by atoms with E-state index in [9.17, 15) is 0 Å². The second kappa shape index (κ2) is 8.38. The quantitative estimate of drug-likeness (QED) is 0.894. The molecule has 20 heavy (non-hydrogen) atoms. The highest BCUT2D eigenvalue weighted by molar-refractivity contribution is 5.03. The Balaban J connectivity index is 2.00.